The minimum atomic E-state index is -3.89. The van der Waals surface area contributed by atoms with Crippen LogP contribution in [0.2, 0.25) is 0 Å². The molecule has 1 unspecified atom stereocenters. The predicted molar refractivity (Wildman–Crippen MR) is 154 cm³/mol. The zero-order chi connectivity index (χ0) is 29.2. The Morgan fingerprint density at radius 1 is 1.23 bits per heavy atom. The van der Waals surface area contributed by atoms with Gasteiger partial charge in [-0.3, -0.25) is 9.59 Å². The van der Waals surface area contributed by atoms with E-state index in [1.54, 1.807) is 12.1 Å². The van der Waals surface area contributed by atoms with Gasteiger partial charge >= 0.3 is 5.97 Å². The van der Waals surface area contributed by atoms with Crippen molar-refractivity contribution in [2.45, 2.75) is 70.9 Å². The highest BCUT2D eigenvalue weighted by Crippen LogP contribution is 2.45. The highest BCUT2D eigenvalue weighted by Gasteiger charge is 2.41. The monoisotopic (exact) mass is 584 g/mol. The van der Waals surface area contributed by atoms with Crippen LogP contribution in [-0.2, 0) is 26.1 Å². The van der Waals surface area contributed by atoms with Gasteiger partial charge in [-0.05, 0) is 75.1 Å². The molecule has 10 heteroatoms. The number of sulfonamides is 1. The summed E-state index contributed by atoms with van der Waals surface area (Å²) in [6, 6.07) is 12.7. The summed E-state index contributed by atoms with van der Waals surface area (Å²) < 4.78 is 40.3. The van der Waals surface area contributed by atoms with E-state index in [-0.39, 0.29) is 41.7 Å². The number of benzene rings is 1. The third-order valence-corrected chi connectivity index (χ3v) is 10.5. The van der Waals surface area contributed by atoms with Crippen molar-refractivity contribution in [2.75, 3.05) is 13.7 Å². The quantitative estimate of drug-likeness (QED) is 0.234. The van der Waals surface area contributed by atoms with Gasteiger partial charge in [0.1, 0.15) is 11.0 Å². The number of ether oxygens (including phenoxy) is 2. The van der Waals surface area contributed by atoms with Crippen molar-refractivity contribution < 1.29 is 27.5 Å². The van der Waals surface area contributed by atoms with Crippen molar-refractivity contribution >= 4 is 33.1 Å². The fourth-order valence-corrected chi connectivity index (χ4v) is 7.93. The fourth-order valence-electron chi connectivity index (χ4n) is 5.19. The minimum absolute atomic E-state index is 0.0412. The largest absolute Gasteiger partial charge is 0.472 e. The van der Waals surface area contributed by atoms with Crippen LogP contribution in [0, 0.1) is 12.3 Å². The van der Waals surface area contributed by atoms with Crippen LogP contribution in [0.1, 0.15) is 77.7 Å². The molecule has 0 N–H and O–H groups in total. The van der Waals surface area contributed by atoms with Crippen molar-refractivity contribution in [1.82, 2.24) is 9.29 Å². The van der Waals surface area contributed by atoms with Gasteiger partial charge in [0.15, 0.2) is 5.78 Å². The van der Waals surface area contributed by atoms with Crippen molar-refractivity contribution in [3.05, 3.63) is 75.1 Å². The summed E-state index contributed by atoms with van der Waals surface area (Å²) in [7, 11) is -2.52. The molecule has 0 amide bonds. The molecular formula is C30H36N2O6S2. The summed E-state index contributed by atoms with van der Waals surface area (Å²) in [5.41, 5.74) is 1.62. The van der Waals surface area contributed by atoms with Gasteiger partial charge in [-0.2, -0.15) is 4.31 Å². The Morgan fingerprint density at radius 2 is 1.98 bits per heavy atom. The van der Waals surface area contributed by atoms with Crippen LogP contribution in [0.25, 0.3) is 0 Å². The molecule has 0 saturated carbocycles. The highest BCUT2D eigenvalue weighted by atomic mass is 32.2. The van der Waals surface area contributed by atoms with E-state index in [0.29, 0.717) is 11.3 Å². The second-order valence-corrected chi connectivity index (χ2v) is 13.7. The SMILES string of the molecule is CCC[C@@H]1CN(Cc2cc(C(c3ccc(C(C)=O)s3)C(C)(C)C(=O)OC)ccc2C)S(=O)(=O)c2cccnc2O1. The lowest BCUT2D eigenvalue weighted by molar-refractivity contribution is -0.151. The first-order valence-corrected chi connectivity index (χ1v) is 15.6. The van der Waals surface area contributed by atoms with Crippen molar-refractivity contribution in [3.8, 4) is 5.88 Å². The minimum Gasteiger partial charge on any atom is -0.472 e. The highest BCUT2D eigenvalue weighted by molar-refractivity contribution is 7.89. The van der Waals surface area contributed by atoms with E-state index in [1.807, 2.05) is 52.0 Å². The Hall–Kier alpha value is -3.08. The Kier molecular flexibility index (Phi) is 8.82. The van der Waals surface area contributed by atoms with Crippen molar-refractivity contribution in [3.63, 3.8) is 0 Å². The summed E-state index contributed by atoms with van der Waals surface area (Å²) in [6.07, 6.45) is 2.73. The van der Waals surface area contributed by atoms with E-state index in [4.69, 9.17) is 9.47 Å². The average Bonchev–Trinajstić information content (AvgIpc) is 3.36. The smallest absolute Gasteiger partial charge is 0.312 e. The van der Waals surface area contributed by atoms with E-state index in [1.165, 1.54) is 41.9 Å². The van der Waals surface area contributed by atoms with Gasteiger partial charge in [-0.25, -0.2) is 13.4 Å². The lowest BCUT2D eigenvalue weighted by Crippen LogP contribution is -2.37. The number of methoxy groups -OCH3 is 1. The van der Waals surface area contributed by atoms with Gasteiger partial charge < -0.3 is 9.47 Å². The molecule has 0 radical (unpaired) electrons. The maximum absolute atomic E-state index is 13.8. The molecule has 0 bridgehead atoms. The molecule has 1 aromatic carbocycles. The molecular weight excluding hydrogens is 548 g/mol. The predicted octanol–water partition coefficient (Wildman–Crippen LogP) is 5.74. The number of pyridine rings is 1. The lowest BCUT2D eigenvalue weighted by Gasteiger charge is -2.32. The summed E-state index contributed by atoms with van der Waals surface area (Å²) in [5, 5.41) is 0. The lowest BCUT2D eigenvalue weighted by atomic mass is 9.73. The van der Waals surface area contributed by atoms with Crippen molar-refractivity contribution in [1.29, 1.82) is 0 Å². The molecule has 4 rings (SSSR count). The Labute approximate surface area is 240 Å². The number of hydrogen-bond donors (Lipinski definition) is 0. The number of thiophene rings is 1. The maximum Gasteiger partial charge on any atom is 0.312 e. The first-order valence-electron chi connectivity index (χ1n) is 13.3. The Morgan fingerprint density at radius 3 is 2.62 bits per heavy atom. The zero-order valence-corrected chi connectivity index (χ0v) is 25.4. The fraction of sp³-hybridized carbons (Fsp3) is 0.433. The summed E-state index contributed by atoms with van der Waals surface area (Å²) in [6.45, 7) is 9.47. The Balaban J connectivity index is 1.79. The normalized spacial score (nSPS) is 17.8. The van der Waals surface area contributed by atoms with E-state index >= 15 is 0 Å². The van der Waals surface area contributed by atoms with Crippen LogP contribution < -0.4 is 4.74 Å². The van der Waals surface area contributed by atoms with Crippen LogP contribution >= 0.6 is 11.3 Å². The number of aryl methyl sites for hydroxylation is 1. The number of carbonyl (C=O) groups excluding carboxylic acids is 2. The first-order chi connectivity index (χ1) is 18.9. The number of Topliss-reactive ketones (excluding diaryl/α,β-unsaturated/α-hetero) is 1. The van der Waals surface area contributed by atoms with Crippen LogP contribution in [0.3, 0.4) is 0 Å². The number of nitrogens with zero attached hydrogens (tertiary/aromatic N) is 2. The number of fused-ring (bicyclic) bond motifs is 1. The molecule has 3 heterocycles. The molecule has 214 valence electrons. The standard InChI is InChI=1S/C30H36N2O6S2/c1-7-9-23-18-32(40(35,36)26-10-8-15-31-28(26)38-23)17-22-16-21(12-11-19(22)2)27(30(4,5)29(34)37-6)25-14-13-24(39-25)20(3)33/h8,10-16,23,27H,7,9,17-18H2,1-6H3/t23-,27?/m1/s1. The second kappa shape index (κ2) is 11.8. The summed E-state index contributed by atoms with van der Waals surface area (Å²) in [5.74, 6) is -0.705. The third-order valence-electron chi connectivity index (χ3n) is 7.39. The van der Waals surface area contributed by atoms with Crippen molar-refractivity contribution in [2.24, 2.45) is 5.41 Å². The van der Waals surface area contributed by atoms with Crippen LogP contribution in [-0.4, -0.2) is 49.2 Å². The first kappa shape index (κ1) is 29.9. The van der Waals surface area contributed by atoms with Gasteiger partial charge in [0, 0.05) is 23.5 Å². The molecule has 0 saturated heterocycles. The maximum atomic E-state index is 13.8. The number of rotatable bonds is 9. The van der Waals surface area contributed by atoms with Crippen LogP contribution in [0.5, 0.6) is 5.88 Å². The number of esters is 1. The topological polar surface area (TPSA) is 103 Å². The van der Waals surface area contributed by atoms with Crippen LogP contribution in [0.4, 0.5) is 0 Å². The summed E-state index contributed by atoms with van der Waals surface area (Å²) in [4.78, 5) is 30.8. The number of hydrogen-bond acceptors (Lipinski definition) is 8. The number of carbonyl (C=O) groups is 2. The summed E-state index contributed by atoms with van der Waals surface area (Å²) >= 11 is 1.36. The molecule has 2 atom stereocenters. The van der Waals surface area contributed by atoms with Gasteiger partial charge in [0.2, 0.25) is 15.9 Å². The average molecular weight is 585 g/mol. The molecule has 0 fully saturated rings. The van der Waals surface area contributed by atoms with Gasteiger partial charge in [0.25, 0.3) is 0 Å². The zero-order valence-electron chi connectivity index (χ0n) is 23.8. The molecule has 0 aliphatic carbocycles. The van der Waals surface area contributed by atoms with Gasteiger partial charge in [0.05, 0.1) is 23.9 Å². The van der Waals surface area contributed by atoms with E-state index in [9.17, 15) is 18.0 Å². The van der Waals surface area contributed by atoms with Crippen LogP contribution in [0.15, 0.2) is 53.6 Å². The molecule has 0 spiro atoms. The second-order valence-electron chi connectivity index (χ2n) is 10.7. The van der Waals surface area contributed by atoms with E-state index in [0.717, 1.165) is 28.0 Å². The molecule has 8 nitrogen and oxygen atoms in total. The van der Waals surface area contributed by atoms with Gasteiger partial charge in [-0.15, -0.1) is 11.3 Å². The van der Waals surface area contributed by atoms with Gasteiger partial charge in [-0.1, -0.05) is 31.5 Å². The molecule has 40 heavy (non-hydrogen) atoms. The number of aromatic nitrogens is 1. The Bertz CT molecular complexity index is 1510. The third kappa shape index (κ3) is 5.84. The molecule has 2 aromatic heterocycles. The van der Waals surface area contributed by atoms with E-state index in [2.05, 4.69) is 4.98 Å². The molecule has 1 aliphatic heterocycles. The molecule has 1 aliphatic rings. The van der Waals surface area contributed by atoms with E-state index < -0.39 is 21.4 Å². The molecule has 3 aromatic rings. The number of ketones is 1.